The van der Waals surface area contributed by atoms with Crippen LogP contribution in [0, 0.1) is 6.92 Å². The molecule has 1 saturated heterocycles. The first kappa shape index (κ1) is 18.3. The van der Waals surface area contributed by atoms with Crippen molar-refractivity contribution in [1.82, 2.24) is 19.7 Å². The van der Waals surface area contributed by atoms with E-state index in [9.17, 15) is 0 Å². The second-order valence-corrected chi connectivity index (χ2v) is 8.06. The molecule has 0 N–H and O–H groups in total. The summed E-state index contributed by atoms with van der Waals surface area (Å²) < 4.78 is 2.23. The molecule has 0 unspecified atom stereocenters. The summed E-state index contributed by atoms with van der Waals surface area (Å²) in [5, 5.41) is 10.1. The molecule has 0 spiro atoms. The Kier molecular flexibility index (Phi) is 5.90. The molecule has 4 nitrogen and oxygen atoms in total. The number of aromatic nitrogens is 3. The van der Waals surface area contributed by atoms with Crippen molar-refractivity contribution in [3.63, 3.8) is 0 Å². The molecule has 27 heavy (non-hydrogen) atoms. The Labute approximate surface area is 165 Å². The second kappa shape index (κ2) is 8.72. The van der Waals surface area contributed by atoms with Crippen LogP contribution in [0.4, 0.5) is 0 Å². The molecule has 0 radical (unpaired) electrons. The SMILES string of the molecule is Cc1ccccc1CSc1nnc(CN2CCCCC2)n1-c1ccccc1. The van der Waals surface area contributed by atoms with E-state index in [2.05, 4.69) is 81.2 Å². The standard InChI is InChI=1S/C22H26N4S/c1-18-10-6-7-11-19(18)17-27-22-24-23-21(16-25-14-8-3-9-15-25)26(22)20-12-4-2-5-13-20/h2,4-7,10-13H,3,8-9,14-17H2,1H3. The molecule has 2 heterocycles. The monoisotopic (exact) mass is 378 g/mol. The molecule has 1 aliphatic heterocycles. The normalized spacial score (nSPS) is 15.1. The fraction of sp³-hybridized carbons (Fsp3) is 0.364. The lowest BCUT2D eigenvalue weighted by atomic mass is 10.1. The molecule has 5 heteroatoms. The highest BCUT2D eigenvalue weighted by atomic mass is 32.2. The summed E-state index contributed by atoms with van der Waals surface area (Å²) in [6.45, 7) is 5.35. The van der Waals surface area contributed by atoms with Gasteiger partial charge in [0.15, 0.2) is 11.0 Å². The predicted molar refractivity (Wildman–Crippen MR) is 111 cm³/mol. The van der Waals surface area contributed by atoms with E-state index >= 15 is 0 Å². The van der Waals surface area contributed by atoms with Crippen molar-refractivity contribution in [1.29, 1.82) is 0 Å². The van der Waals surface area contributed by atoms with Gasteiger partial charge in [-0.2, -0.15) is 0 Å². The first-order valence-corrected chi connectivity index (χ1v) is 10.7. The number of nitrogens with zero attached hydrogens (tertiary/aromatic N) is 4. The van der Waals surface area contributed by atoms with Crippen molar-refractivity contribution in [2.45, 2.75) is 43.6 Å². The van der Waals surface area contributed by atoms with Crippen LogP contribution in [0.1, 0.15) is 36.2 Å². The van der Waals surface area contributed by atoms with Gasteiger partial charge in [-0.25, -0.2) is 0 Å². The first-order chi connectivity index (χ1) is 13.3. The van der Waals surface area contributed by atoms with Gasteiger partial charge in [0.1, 0.15) is 0 Å². The molecule has 3 aromatic rings. The Morgan fingerprint density at radius 2 is 1.63 bits per heavy atom. The average molecular weight is 379 g/mol. The Hall–Kier alpha value is -2.11. The van der Waals surface area contributed by atoms with E-state index in [4.69, 9.17) is 0 Å². The molecule has 0 bridgehead atoms. The van der Waals surface area contributed by atoms with Crippen LogP contribution in [0.2, 0.25) is 0 Å². The number of piperidine rings is 1. The van der Waals surface area contributed by atoms with Crippen molar-refractivity contribution in [3.8, 4) is 5.69 Å². The molecular weight excluding hydrogens is 352 g/mol. The summed E-state index contributed by atoms with van der Waals surface area (Å²) >= 11 is 1.76. The number of benzene rings is 2. The summed E-state index contributed by atoms with van der Waals surface area (Å²) in [7, 11) is 0. The summed E-state index contributed by atoms with van der Waals surface area (Å²) in [5.74, 6) is 1.94. The molecule has 0 amide bonds. The number of para-hydroxylation sites is 1. The molecule has 0 aliphatic carbocycles. The van der Waals surface area contributed by atoms with Gasteiger partial charge in [0.2, 0.25) is 0 Å². The third-order valence-corrected chi connectivity index (χ3v) is 6.12. The zero-order valence-corrected chi connectivity index (χ0v) is 16.7. The highest BCUT2D eigenvalue weighted by Crippen LogP contribution is 2.27. The van der Waals surface area contributed by atoms with Gasteiger partial charge in [-0.15, -0.1) is 10.2 Å². The van der Waals surface area contributed by atoms with Gasteiger partial charge in [-0.05, 0) is 56.1 Å². The maximum atomic E-state index is 4.57. The minimum atomic E-state index is 0.868. The van der Waals surface area contributed by atoms with Crippen LogP contribution in [0.3, 0.4) is 0 Å². The highest BCUT2D eigenvalue weighted by Gasteiger charge is 2.18. The van der Waals surface area contributed by atoms with Crippen LogP contribution >= 0.6 is 11.8 Å². The summed E-state index contributed by atoms with van der Waals surface area (Å²) in [6, 6.07) is 19.0. The predicted octanol–water partition coefficient (Wildman–Crippen LogP) is 4.85. The van der Waals surface area contributed by atoms with Gasteiger partial charge in [0, 0.05) is 11.4 Å². The Morgan fingerprint density at radius 3 is 2.41 bits per heavy atom. The van der Waals surface area contributed by atoms with Gasteiger partial charge < -0.3 is 0 Å². The quantitative estimate of drug-likeness (QED) is 0.574. The van der Waals surface area contributed by atoms with Gasteiger partial charge >= 0.3 is 0 Å². The number of thioether (sulfide) groups is 1. The number of rotatable bonds is 6. The van der Waals surface area contributed by atoms with E-state index in [0.717, 1.165) is 42.1 Å². The fourth-order valence-electron chi connectivity index (χ4n) is 3.56. The number of hydrogen-bond donors (Lipinski definition) is 0. The van der Waals surface area contributed by atoms with Crippen molar-refractivity contribution in [2.75, 3.05) is 13.1 Å². The van der Waals surface area contributed by atoms with Gasteiger partial charge in [0.25, 0.3) is 0 Å². The van der Waals surface area contributed by atoms with Crippen LogP contribution in [-0.2, 0) is 12.3 Å². The Morgan fingerprint density at radius 1 is 0.889 bits per heavy atom. The maximum Gasteiger partial charge on any atom is 0.196 e. The third-order valence-electron chi connectivity index (χ3n) is 5.15. The zero-order valence-electron chi connectivity index (χ0n) is 15.8. The van der Waals surface area contributed by atoms with E-state index in [0.29, 0.717) is 0 Å². The van der Waals surface area contributed by atoms with Crippen molar-refractivity contribution in [3.05, 3.63) is 71.5 Å². The lowest BCUT2D eigenvalue weighted by Crippen LogP contribution is -2.30. The molecule has 140 valence electrons. The van der Waals surface area contributed by atoms with E-state index in [1.807, 2.05) is 0 Å². The van der Waals surface area contributed by atoms with E-state index in [-0.39, 0.29) is 0 Å². The molecule has 1 aliphatic rings. The minimum Gasteiger partial charge on any atom is -0.296 e. The zero-order chi connectivity index (χ0) is 18.5. The summed E-state index contributed by atoms with van der Waals surface area (Å²) in [4.78, 5) is 2.50. The van der Waals surface area contributed by atoms with Gasteiger partial charge in [0.05, 0.1) is 6.54 Å². The van der Waals surface area contributed by atoms with Crippen LogP contribution < -0.4 is 0 Å². The number of likely N-dealkylation sites (tertiary alicyclic amines) is 1. The average Bonchev–Trinajstić information content (AvgIpc) is 3.11. The molecule has 1 aromatic heterocycles. The molecular formula is C22H26N4S. The van der Waals surface area contributed by atoms with E-state index in [1.54, 1.807) is 11.8 Å². The lowest BCUT2D eigenvalue weighted by Gasteiger charge is -2.26. The van der Waals surface area contributed by atoms with Gasteiger partial charge in [-0.3, -0.25) is 9.47 Å². The topological polar surface area (TPSA) is 34.0 Å². The smallest absolute Gasteiger partial charge is 0.196 e. The Bertz CT molecular complexity index is 869. The number of hydrogen-bond acceptors (Lipinski definition) is 4. The highest BCUT2D eigenvalue weighted by molar-refractivity contribution is 7.98. The van der Waals surface area contributed by atoms with Crippen LogP contribution in [0.5, 0.6) is 0 Å². The van der Waals surface area contributed by atoms with Crippen LogP contribution in [-0.4, -0.2) is 32.8 Å². The van der Waals surface area contributed by atoms with Crippen molar-refractivity contribution < 1.29 is 0 Å². The van der Waals surface area contributed by atoms with Crippen LogP contribution in [0.25, 0.3) is 5.69 Å². The number of aryl methyl sites for hydroxylation is 1. The molecule has 1 fully saturated rings. The molecule has 0 atom stereocenters. The molecule has 0 saturated carbocycles. The summed E-state index contributed by atoms with van der Waals surface area (Å²) in [5.41, 5.74) is 3.81. The largest absolute Gasteiger partial charge is 0.296 e. The van der Waals surface area contributed by atoms with Crippen molar-refractivity contribution >= 4 is 11.8 Å². The van der Waals surface area contributed by atoms with E-state index < -0.39 is 0 Å². The lowest BCUT2D eigenvalue weighted by molar-refractivity contribution is 0.214. The second-order valence-electron chi connectivity index (χ2n) is 7.12. The third kappa shape index (κ3) is 4.42. The van der Waals surface area contributed by atoms with Gasteiger partial charge in [-0.1, -0.05) is 60.6 Å². The first-order valence-electron chi connectivity index (χ1n) is 9.70. The van der Waals surface area contributed by atoms with E-state index in [1.165, 1.54) is 30.4 Å². The van der Waals surface area contributed by atoms with Crippen molar-refractivity contribution in [2.24, 2.45) is 0 Å². The fourth-order valence-corrected chi connectivity index (χ4v) is 4.61. The Balaban J connectivity index is 1.59. The summed E-state index contributed by atoms with van der Waals surface area (Å²) in [6.07, 6.45) is 3.92. The molecule has 4 rings (SSSR count). The minimum absolute atomic E-state index is 0.868. The van der Waals surface area contributed by atoms with Crippen LogP contribution in [0.15, 0.2) is 59.8 Å². The maximum absolute atomic E-state index is 4.57. The molecule has 2 aromatic carbocycles.